The van der Waals surface area contributed by atoms with E-state index in [0.29, 0.717) is 15.8 Å². The van der Waals surface area contributed by atoms with E-state index in [1.807, 2.05) is 6.07 Å². The van der Waals surface area contributed by atoms with Gasteiger partial charge >= 0.3 is 0 Å². The van der Waals surface area contributed by atoms with Crippen LogP contribution in [0.5, 0.6) is 5.75 Å². The summed E-state index contributed by atoms with van der Waals surface area (Å²) in [5.74, 6) is -0.375. The first-order valence-electron chi connectivity index (χ1n) is 5.21. The Morgan fingerprint density at radius 3 is 2.84 bits per heavy atom. The van der Waals surface area contributed by atoms with Crippen molar-refractivity contribution in [1.82, 2.24) is 4.98 Å². The second kappa shape index (κ2) is 5.93. The fourth-order valence-corrected chi connectivity index (χ4v) is 1.85. The molecule has 1 N–H and O–H groups in total. The lowest BCUT2D eigenvalue weighted by Crippen LogP contribution is -2.19. The number of ether oxygens (including phenoxy) is 1. The monoisotopic (exact) mass is 277 g/mol. The lowest BCUT2D eigenvalue weighted by Gasteiger charge is -2.05. The lowest BCUT2D eigenvalue weighted by molar-refractivity contribution is -0.118. The molecule has 7 heteroatoms. The Balaban J connectivity index is 1.84. The first-order valence-corrected chi connectivity index (χ1v) is 6.03. The van der Waals surface area contributed by atoms with Crippen molar-refractivity contribution in [3.05, 3.63) is 41.2 Å². The largest absolute Gasteiger partial charge is 0.484 e. The molecule has 0 unspecified atom stereocenters. The molecular weight excluding hydrogens is 269 g/mol. The minimum atomic E-state index is -0.400. The van der Waals surface area contributed by atoms with Crippen LogP contribution in [0.2, 0.25) is 0 Å². The van der Waals surface area contributed by atoms with Crippen LogP contribution in [0, 0.1) is 17.1 Å². The summed E-state index contributed by atoms with van der Waals surface area (Å²) in [5, 5.41) is 11.4. The number of nitriles is 1. The van der Waals surface area contributed by atoms with Crippen molar-refractivity contribution >= 4 is 22.4 Å². The third-order valence-corrected chi connectivity index (χ3v) is 2.86. The fraction of sp³-hybridized carbons (Fsp3) is 0.0833. The van der Waals surface area contributed by atoms with Crippen LogP contribution in [0.4, 0.5) is 9.52 Å². The second-order valence-corrected chi connectivity index (χ2v) is 4.46. The number of carbonyl (C=O) groups is 1. The quantitative estimate of drug-likeness (QED) is 0.929. The highest BCUT2D eigenvalue weighted by Gasteiger charge is 2.07. The molecule has 1 heterocycles. The average Bonchev–Trinajstić information content (AvgIpc) is 2.86. The van der Waals surface area contributed by atoms with E-state index >= 15 is 0 Å². The van der Waals surface area contributed by atoms with Gasteiger partial charge in [0.05, 0.1) is 6.20 Å². The summed E-state index contributed by atoms with van der Waals surface area (Å²) in [7, 11) is 0. The van der Waals surface area contributed by atoms with Crippen LogP contribution in [0.25, 0.3) is 0 Å². The molecule has 1 aromatic heterocycles. The predicted octanol–water partition coefficient (Wildman–Crippen LogP) is 2.17. The van der Waals surface area contributed by atoms with Crippen molar-refractivity contribution in [2.24, 2.45) is 0 Å². The average molecular weight is 277 g/mol. The van der Waals surface area contributed by atoms with Gasteiger partial charge in [0.2, 0.25) is 0 Å². The number of thiazole rings is 1. The molecule has 2 aromatic rings. The van der Waals surface area contributed by atoms with Crippen LogP contribution in [-0.2, 0) is 4.79 Å². The molecule has 2 rings (SSSR count). The summed E-state index contributed by atoms with van der Waals surface area (Å²) in [4.78, 5) is 15.8. The highest BCUT2D eigenvalue weighted by molar-refractivity contribution is 7.16. The Labute approximate surface area is 112 Å². The van der Waals surface area contributed by atoms with Crippen molar-refractivity contribution in [2.75, 3.05) is 11.9 Å². The summed E-state index contributed by atoms with van der Waals surface area (Å²) >= 11 is 1.08. The molecule has 0 bridgehead atoms. The summed E-state index contributed by atoms with van der Waals surface area (Å²) < 4.78 is 17.8. The van der Waals surface area contributed by atoms with Crippen molar-refractivity contribution in [3.63, 3.8) is 0 Å². The number of amides is 1. The second-order valence-electron chi connectivity index (χ2n) is 3.43. The molecule has 1 amide bonds. The molecule has 0 aliphatic carbocycles. The van der Waals surface area contributed by atoms with Gasteiger partial charge < -0.3 is 4.74 Å². The molecule has 0 saturated heterocycles. The first-order chi connectivity index (χ1) is 9.17. The molecule has 1 aromatic carbocycles. The predicted molar refractivity (Wildman–Crippen MR) is 67.4 cm³/mol. The van der Waals surface area contributed by atoms with Gasteiger partial charge in [-0.15, -0.1) is 0 Å². The number of aromatic nitrogens is 1. The number of halogens is 1. The zero-order chi connectivity index (χ0) is 13.7. The zero-order valence-electron chi connectivity index (χ0n) is 9.59. The van der Waals surface area contributed by atoms with E-state index in [4.69, 9.17) is 10.00 Å². The van der Waals surface area contributed by atoms with Crippen LogP contribution in [0.1, 0.15) is 4.88 Å². The third kappa shape index (κ3) is 3.76. The van der Waals surface area contributed by atoms with E-state index < -0.39 is 5.91 Å². The smallest absolute Gasteiger partial charge is 0.264 e. The molecule has 0 aliphatic rings. The molecule has 0 spiro atoms. The molecule has 0 fully saturated rings. The minimum Gasteiger partial charge on any atom is -0.484 e. The summed E-state index contributed by atoms with van der Waals surface area (Å²) in [6.07, 6.45) is 1.38. The van der Waals surface area contributed by atoms with E-state index in [2.05, 4.69) is 10.3 Å². The van der Waals surface area contributed by atoms with Gasteiger partial charge in [-0.3, -0.25) is 10.1 Å². The topological polar surface area (TPSA) is 75.0 Å². The van der Waals surface area contributed by atoms with Crippen LogP contribution < -0.4 is 10.1 Å². The van der Waals surface area contributed by atoms with Gasteiger partial charge in [-0.25, -0.2) is 9.37 Å². The lowest BCUT2D eigenvalue weighted by atomic mass is 10.3. The molecular formula is C12H8FN3O2S. The van der Waals surface area contributed by atoms with Gasteiger partial charge in [0.15, 0.2) is 11.7 Å². The summed E-state index contributed by atoms with van der Waals surface area (Å²) in [5.41, 5.74) is 0. The number of hydrogen-bond acceptors (Lipinski definition) is 5. The van der Waals surface area contributed by atoms with Crippen LogP contribution >= 0.6 is 11.3 Å². The summed E-state index contributed by atoms with van der Waals surface area (Å²) in [6.45, 7) is -0.215. The molecule has 5 nitrogen and oxygen atoms in total. The first kappa shape index (κ1) is 13.0. The maximum Gasteiger partial charge on any atom is 0.264 e. The molecule has 19 heavy (non-hydrogen) atoms. The maximum atomic E-state index is 12.6. The number of nitrogens with one attached hydrogen (secondary N) is 1. The van der Waals surface area contributed by atoms with Gasteiger partial charge in [-0.05, 0) is 24.3 Å². The van der Waals surface area contributed by atoms with Crippen LogP contribution in [0.3, 0.4) is 0 Å². The normalized spacial score (nSPS) is 9.68. The van der Waals surface area contributed by atoms with Gasteiger partial charge in [0.25, 0.3) is 5.91 Å². The highest BCUT2D eigenvalue weighted by Crippen LogP contribution is 2.16. The Kier molecular flexibility index (Phi) is 4.05. The Hall–Kier alpha value is -2.46. The van der Waals surface area contributed by atoms with E-state index in [1.165, 1.54) is 30.5 Å². The molecule has 0 radical (unpaired) electrons. The highest BCUT2D eigenvalue weighted by atomic mass is 32.1. The Morgan fingerprint density at radius 2 is 2.21 bits per heavy atom. The molecule has 96 valence electrons. The zero-order valence-corrected chi connectivity index (χ0v) is 10.4. The van der Waals surface area contributed by atoms with Crippen LogP contribution in [0.15, 0.2) is 30.5 Å². The number of benzene rings is 1. The maximum absolute atomic E-state index is 12.6. The minimum absolute atomic E-state index is 0.215. The number of hydrogen-bond donors (Lipinski definition) is 1. The van der Waals surface area contributed by atoms with E-state index in [9.17, 15) is 9.18 Å². The Morgan fingerprint density at radius 1 is 1.47 bits per heavy atom. The molecule has 0 atom stereocenters. The van der Waals surface area contributed by atoms with E-state index in [1.54, 1.807) is 0 Å². The number of rotatable bonds is 4. The number of nitrogens with zero attached hydrogens (tertiary/aromatic N) is 2. The van der Waals surface area contributed by atoms with Gasteiger partial charge in [-0.1, -0.05) is 11.3 Å². The molecule has 0 saturated carbocycles. The number of carbonyl (C=O) groups excluding carboxylic acids is 1. The standard InChI is InChI=1S/C12H8FN3O2S/c13-8-1-3-9(4-2-8)18-7-11(17)16-12-15-6-10(5-14)19-12/h1-4,6H,7H2,(H,15,16,17). The van der Waals surface area contributed by atoms with Gasteiger partial charge in [-0.2, -0.15) is 5.26 Å². The van der Waals surface area contributed by atoms with Crippen molar-refractivity contribution in [3.8, 4) is 11.8 Å². The Bertz CT molecular complexity index is 619. The van der Waals surface area contributed by atoms with Gasteiger partial charge in [0, 0.05) is 0 Å². The van der Waals surface area contributed by atoms with E-state index in [-0.39, 0.29) is 12.4 Å². The number of anilines is 1. The molecule has 0 aliphatic heterocycles. The van der Waals surface area contributed by atoms with Crippen molar-refractivity contribution in [1.29, 1.82) is 5.26 Å². The third-order valence-electron chi connectivity index (χ3n) is 2.05. The summed E-state index contributed by atoms with van der Waals surface area (Å²) in [6, 6.07) is 7.27. The van der Waals surface area contributed by atoms with Crippen molar-refractivity contribution < 1.29 is 13.9 Å². The SMILES string of the molecule is N#Cc1cnc(NC(=O)COc2ccc(F)cc2)s1. The van der Waals surface area contributed by atoms with E-state index in [0.717, 1.165) is 11.3 Å². The van der Waals surface area contributed by atoms with Crippen LogP contribution in [-0.4, -0.2) is 17.5 Å². The van der Waals surface area contributed by atoms with Gasteiger partial charge in [0.1, 0.15) is 22.5 Å². The van der Waals surface area contributed by atoms with Crippen molar-refractivity contribution in [2.45, 2.75) is 0 Å². The fourth-order valence-electron chi connectivity index (χ4n) is 1.22.